The second kappa shape index (κ2) is 4.28. The topological polar surface area (TPSA) is 64.4 Å². The zero-order valence-corrected chi connectivity index (χ0v) is 7.41. The van der Waals surface area contributed by atoms with Crippen molar-refractivity contribution in [1.82, 2.24) is 4.98 Å². The van der Waals surface area contributed by atoms with Crippen LogP contribution >= 0.6 is 12.4 Å². The molecule has 0 radical (unpaired) electrons. The van der Waals surface area contributed by atoms with E-state index in [2.05, 4.69) is 4.98 Å². The number of rotatable bonds is 0. The summed E-state index contributed by atoms with van der Waals surface area (Å²) in [6, 6.07) is 1.87. The number of aromatic nitrogens is 1. The van der Waals surface area contributed by atoms with Crippen LogP contribution in [0.2, 0.25) is 0 Å². The van der Waals surface area contributed by atoms with Crippen molar-refractivity contribution in [3.63, 3.8) is 0 Å². The van der Waals surface area contributed by atoms with Gasteiger partial charge in [-0.05, 0) is 18.9 Å². The molecule has 0 saturated heterocycles. The van der Waals surface area contributed by atoms with Gasteiger partial charge in [-0.15, -0.1) is 12.4 Å². The van der Waals surface area contributed by atoms with Crippen LogP contribution in [0.4, 0.5) is 0 Å². The summed E-state index contributed by atoms with van der Waals surface area (Å²) >= 11 is 0. The number of nitrogens with one attached hydrogen (secondary N) is 1. The van der Waals surface area contributed by atoms with Gasteiger partial charge in [0.05, 0.1) is 0 Å². The molecule has 68 valence electrons. The summed E-state index contributed by atoms with van der Waals surface area (Å²) in [5.74, 6) is 0.294. The van der Waals surface area contributed by atoms with Crippen molar-refractivity contribution in [1.29, 1.82) is 0 Å². The maximum atomic E-state index is 11.1. The Morgan fingerprint density at radius 1 is 1.33 bits per heavy atom. The molecule has 2 rings (SSSR count). The summed E-state index contributed by atoms with van der Waals surface area (Å²) < 4.78 is 0. The molecule has 4 heteroatoms. The number of aromatic amines is 1. The predicted molar refractivity (Wildman–Crippen MR) is 48.9 cm³/mol. The Labute approximate surface area is 76.9 Å². The third-order valence-corrected chi connectivity index (χ3v) is 1.96. The van der Waals surface area contributed by atoms with E-state index in [0.717, 1.165) is 30.5 Å². The quantitative estimate of drug-likeness (QED) is 0.654. The largest absolute Gasteiger partial charge is 0.412 e. The van der Waals surface area contributed by atoms with Gasteiger partial charge in [0.15, 0.2) is 5.78 Å². The Hall–Kier alpha value is -0.800. The number of hydrogen-bond donors (Lipinski definition) is 1. The van der Waals surface area contributed by atoms with Gasteiger partial charge in [0.25, 0.3) is 0 Å². The minimum Gasteiger partial charge on any atom is -0.412 e. The Balaban J connectivity index is 0.000000605. The molecule has 0 fully saturated rings. The first-order valence-electron chi connectivity index (χ1n) is 3.57. The molecule has 0 aromatic carbocycles. The number of ketones is 1. The number of carbonyl (C=O) groups excluding carboxylic acids is 1. The molecule has 1 heterocycles. The SMILES string of the molecule is Cl.O.O=C1CCCc2[nH]ccc21. The molecule has 3 nitrogen and oxygen atoms in total. The Kier molecular flexibility index (Phi) is 4.00. The van der Waals surface area contributed by atoms with Gasteiger partial charge in [-0.1, -0.05) is 0 Å². The molecule has 0 amide bonds. The lowest BCUT2D eigenvalue weighted by atomic mass is 9.97. The normalized spacial score (nSPS) is 14.2. The summed E-state index contributed by atoms with van der Waals surface area (Å²) in [6.45, 7) is 0. The molecule has 0 saturated carbocycles. The minimum absolute atomic E-state index is 0. The second-order valence-corrected chi connectivity index (χ2v) is 2.65. The molecule has 1 aliphatic rings. The maximum Gasteiger partial charge on any atom is 0.164 e. The molecular formula is C8H12ClNO2. The van der Waals surface area contributed by atoms with Gasteiger partial charge in [0.2, 0.25) is 0 Å². The molecule has 0 unspecified atom stereocenters. The highest BCUT2D eigenvalue weighted by Gasteiger charge is 2.16. The van der Waals surface area contributed by atoms with Gasteiger partial charge < -0.3 is 10.5 Å². The average molecular weight is 190 g/mol. The van der Waals surface area contributed by atoms with Crippen molar-refractivity contribution in [2.75, 3.05) is 0 Å². The highest BCUT2D eigenvalue weighted by Crippen LogP contribution is 2.18. The smallest absolute Gasteiger partial charge is 0.164 e. The molecule has 3 N–H and O–H groups in total. The first-order valence-corrected chi connectivity index (χ1v) is 3.57. The summed E-state index contributed by atoms with van der Waals surface area (Å²) in [4.78, 5) is 14.2. The van der Waals surface area contributed by atoms with E-state index in [0.29, 0.717) is 5.78 Å². The van der Waals surface area contributed by atoms with Crippen molar-refractivity contribution in [2.45, 2.75) is 19.3 Å². The molecule has 1 aromatic heterocycles. The van der Waals surface area contributed by atoms with Crippen LogP contribution in [-0.4, -0.2) is 16.2 Å². The number of carbonyl (C=O) groups is 1. The van der Waals surface area contributed by atoms with Crippen molar-refractivity contribution in [3.05, 3.63) is 23.5 Å². The summed E-state index contributed by atoms with van der Waals surface area (Å²) in [6.07, 6.45) is 4.61. The monoisotopic (exact) mass is 189 g/mol. The van der Waals surface area contributed by atoms with Crippen LogP contribution in [0.1, 0.15) is 28.9 Å². The van der Waals surface area contributed by atoms with E-state index >= 15 is 0 Å². The lowest BCUT2D eigenvalue weighted by molar-refractivity contribution is 0.0972. The number of fused-ring (bicyclic) bond motifs is 1. The molecule has 12 heavy (non-hydrogen) atoms. The number of hydrogen-bond acceptors (Lipinski definition) is 1. The minimum atomic E-state index is 0. The van der Waals surface area contributed by atoms with E-state index in [4.69, 9.17) is 0 Å². The van der Waals surface area contributed by atoms with Gasteiger partial charge >= 0.3 is 0 Å². The highest BCUT2D eigenvalue weighted by atomic mass is 35.5. The second-order valence-electron chi connectivity index (χ2n) is 2.65. The molecule has 0 aliphatic heterocycles. The Morgan fingerprint density at radius 2 is 2.08 bits per heavy atom. The van der Waals surface area contributed by atoms with Gasteiger partial charge in [-0.3, -0.25) is 4.79 Å². The van der Waals surface area contributed by atoms with Crippen molar-refractivity contribution >= 4 is 18.2 Å². The van der Waals surface area contributed by atoms with Gasteiger partial charge in [-0.25, -0.2) is 0 Å². The molecule has 0 bridgehead atoms. The molecule has 0 atom stereocenters. The van der Waals surface area contributed by atoms with E-state index in [1.54, 1.807) is 0 Å². The lowest BCUT2D eigenvalue weighted by Gasteiger charge is -2.08. The molecule has 1 aliphatic carbocycles. The molecular weight excluding hydrogens is 178 g/mol. The predicted octanol–water partition coefficient (Wildman–Crippen LogP) is 1.13. The lowest BCUT2D eigenvalue weighted by Crippen LogP contribution is -2.08. The maximum absolute atomic E-state index is 11.1. The van der Waals surface area contributed by atoms with Crippen LogP contribution in [0, 0.1) is 0 Å². The number of halogens is 1. The number of H-pyrrole nitrogens is 1. The summed E-state index contributed by atoms with van der Waals surface area (Å²) in [5.41, 5.74) is 2.03. The number of Topliss-reactive ketones (excluding diaryl/α,β-unsaturated/α-hetero) is 1. The van der Waals surface area contributed by atoms with Crippen LogP contribution < -0.4 is 0 Å². The van der Waals surface area contributed by atoms with Gasteiger partial charge in [0.1, 0.15) is 0 Å². The Morgan fingerprint density at radius 3 is 2.75 bits per heavy atom. The van der Waals surface area contributed by atoms with Gasteiger partial charge in [0, 0.05) is 23.9 Å². The van der Waals surface area contributed by atoms with Crippen LogP contribution in [0.25, 0.3) is 0 Å². The summed E-state index contributed by atoms with van der Waals surface area (Å²) in [7, 11) is 0. The van der Waals surface area contributed by atoms with E-state index < -0.39 is 0 Å². The summed E-state index contributed by atoms with van der Waals surface area (Å²) in [5, 5.41) is 0. The third kappa shape index (κ3) is 1.68. The van der Waals surface area contributed by atoms with E-state index in [1.807, 2.05) is 12.3 Å². The third-order valence-electron chi connectivity index (χ3n) is 1.96. The zero-order valence-electron chi connectivity index (χ0n) is 6.59. The van der Waals surface area contributed by atoms with Crippen molar-refractivity contribution < 1.29 is 10.3 Å². The standard InChI is InChI=1S/C8H9NO.ClH.H2O/c10-8-3-1-2-7-6(8)4-5-9-7;;/h4-5,9H,1-3H2;1H;1H2. The fourth-order valence-electron chi connectivity index (χ4n) is 1.43. The number of aryl methyl sites for hydroxylation is 1. The molecule has 1 aromatic rings. The van der Waals surface area contributed by atoms with Crippen molar-refractivity contribution in [2.24, 2.45) is 0 Å². The van der Waals surface area contributed by atoms with E-state index in [9.17, 15) is 4.79 Å². The Bertz CT molecular complexity index is 270. The van der Waals surface area contributed by atoms with Crippen LogP contribution in [0.3, 0.4) is 0 Å². The fourth-order valence-corrected chi connectivity index (χ4v) is 1.43. The van der Waals surface area contributed by atoms with Crippen LogP contribution in [-0.2, 0) is 6.42 Å². The van der Waals surface area contributed by atoms with E-state index in [-0.39, 0.29) is 17.9 Å². The van der Waals surface area contributed by atoms with Crippen LogP contribution in [0.5, 0.6) is 0 Å². The average Bonchev–Trinajstić information content (AvgIpc) is 2.36. The van der Waals surface area contributed by atoms with Crippen LogP contribution in [0.15, 0.2) is 12.3 Å². The zero-order chi connectivity index (χ0) is 6.97. The van der Waals surface area contributed by atoms with E-state index in [1.165, 1.54) is 0 Å². The van der Waals surface area contributed by atoms with Crippen molar-refractivity contribution in [3.8, 4) is 0 Å². The highest BCUT2D eigenvalue weighted by molar-refractivity contribution is 5.98. The molecule has 0 spiro atoms. The first kappa shape index (κ1) is 11.2. The fraction of sp³-hybridized carbons (Fsp3) is 0.375. The van der Waals surface area contributed by atoms with Gasteiger partial charge in [-0.2, -0.15) is 0 Å². The first-order chi connectivity index (χ1) is 4.88.